The van der Waals surface area contributed by atoms with E-state index >= 15 is 0 Å². The molecule has 0 fully saturated rings. The number of hydrogen-bond acceptors (Lipinski definition) is 4. The van der Waals surface area contributed by atoms with Crippen molar-refractivity contribution in [2.45, 2.75) is 26.3 Å². The summed E-state index contributed by atoms with van der Waals surface area (Å²) in [5.74, 6) is -0.361. The van der Waals surface area contributed by atoms with Crippen LogP contribution in [0.4, 0.5) is 18.0 Å². The number of carbonyl (C=O) groups is 1. The SMILES string of the molecule is CCCCOC(=O)N1CC=C(c2cc(-c3ccc(F)cc3)cc(-c3ccn(C(F)F)n3)n2)C1. The molecule has 1 amide bonds. The average Bonchev–Trinajstić information content (AvgIpc) is 3.50. The molecule has 3 aromatic rings. The lowest BCUT2D eigenvalue weighted by atomic mass is 10.0. The van der Waals surface area contributed by atoms with Gasteiger partial charge in [0.2, 0.25) is 0 Å². The predicted molar refractivity (Wildman–Crippen MR) is 118 cm³/mol. The van der Waals surface area contributed by atoms with Crippen LogP contribution in [0.3, 0.4) is 0 Å². The van der Waals surface area contributed by atoms with E-state index in [0.717, 1.165) is 29.5 Å². The van der Waals surface area contributed by atoms with E-state index in [-0.39, 0.29) is 17.6 Å². The number of hydrogen-bond donors (Lipinski definition) is 0. The van der Waals surface area contributed by atoms with Gasteiger partial charge in [0.25, 0.3) is 0 Å². The summed E-state index contributed by atoms with van der Waals surface area (Å²) in [7, 11) is 0. The third-order valence-electron chi connectivity index (χ3n) is 5.30. The van der Waals surface area contributed by atoms with Gasteiger partial charge in [-0.2, -0.15) is 13.9 Å². The van der Waals surface area contributed by atoms with Gasteiger partial charge < -0.3 is 9.64 Å². The second kappa shape index (κ2) is 9.89. The van der Waals surface area contributed by atoms with Gasteiger partial charge in [-0.05, 0) is 53.5 Å². The highest BCUT2D eigenvalue weighted by molar-refractivity contribution is 5.79. The minimum absolute atomic E-state index is 0.287. The molecule has 33 heavy (non-hydrogen) atoms. The standard InChI is InChI=1S/C24H23F3N4O2/c1-2-3-12-33-24(32)30-10-8-17(15-30)21-13-18(16-4-6-19(25)7-5-16)14-22(28-21)20-9-11-31(29-20)23(26)27/h4-9,11,13-14,23H,2-3,10,12,15H2,1H3. The molecule has 0 spiro atoms. The summed E-state index contributed by atoms with van der Waals surface area (Å²) in [4.78, 5) is 18.5. The molecular formula is C24H23F3N4O2. The van der Waals surface area contributed by atoms with E-state index in [2.05, 4.69) is 10.1 Å². The van der Waals surface area contributed by atoms with E-state index in [1.165, 1.54) is 24.4 Å². The Balaban J connectivity index is 1.65. The lowest BCUT2D eigenvalue weighted by Crippen LogP contribution is -2.29. The van der Waals surface area contributed by atoms with Gasteiger partial charge in [-0.3, -0.25) is 0 Å². The first-order chi connectivity index (χ1) is 15.9. The fourth-order valence-corrected chi connectivity index (χ4v) is 3.49. The van der Waals surface area contributed by atoms with E-state index in [1.807, 2.05) is 19.1 Å². The van der Waals surface area contributed by atoms with Crippen LogP contribution < -0.4 is 0 Å². The van der Waals surface area contributed by atoms with Gasteiger partial charge in [-0.15, -0.1) is 0 Å². The number of amides is 1. The number of alkyl halides is 2. The summed E-state index contributed by atoms with van der Waals surface area (Å²) in [6.45, 7) is 0.332. The summed E-state index contributed by atoms with van der Waals surface area (Å²) >= 11 is 0. The van der Waals surface area contributed by atoms with Gasteiger partial charge in [-0.1, -0.05) is 31.6 Å². The first-order valence-electron chi connectivity index (χ1n) is 10.7. The monoisotopic (exact) mass is 456 g/mol. The molecule has 1 aliphatic heterocycles. The van der Waals surface area contributed by atoms with Crippen LogP contribution in [0, 0.1) is 5.82 Å². The molecule has 1 aliphatic rings. The summed E-state index contributed by atoms with van der Waals surface area (Å²) in [6.07, 6.45) is 4.42. The van der Waals surface area contributed by atoms with Crippen LogP contribution in [0.25, 0.3) is 28.1 Å². The number of unbranched alkanes of at least 4 members (excludes halogenated alkanes) is 1. The Kier molecular flexibility index (Phi) is 6.76. The first-order valence-corrected chi connectivity index (χ1v) is 10.7. The van der Waals surface area contributed by atoms with Crippen LogP contribution in [0.15, 0.2) is 54.7 Å². The van der Waals surface area contributed by atoms with Crippen LogP contribution in [0.5, 0.6) is 0 Å². The fraction of sp³-hybridized carbons (Fsp3) is 0.292. The number of benzene rings is 1. The summed E-state index contributed by atoms with van der Waals surface area (Å²) < 4.78 is 45.3. The molecule has 0 N–H and O–H groups in total. The Bertz CT molecular complexity index is 1160. The van der Waals surface area contributed by atoms with Crippen molar-refractivity contribution >= 4 is 11.7 Å². The van der Waals surface area contributed by atoms with Gasteiger partial charge in [0, 0.05) is 12.7 Å². The van der Waals surface area contributed by atoms with Gasteiger partial charge in [0.1, 0.15) is 11.5 Å². The van der Waals surface area contributed by atoms with Crippen molar-refractivity contribution in [2.24, 2.45) is 0 Å². The number of pyridine rings is 1. The fourth-order valence-electron chi connectivity index (χ4n) is 3.49. The Hall–Kier alpha value is -3.62. The second-order valence-corrected chi connectivity index (χ2v) is 7.67. The zero-order valence-electron chi connectivity index (χ0n) is 18.0. The third kappa shape index (κ3) is 5.24. The molecular weight excluding hydrogens is 433 g/mol. The van der Waals surface area contributed by atoms with Crippen molar-refractivity contribution in [2.75, 3.05) is 19.7 Å². The highest BCUT2D eigenvalue weighted by atomic mass is 19.3. The molecule has 0 unspecified atom stereocenters. The number of aromatic nitrogens is 3. The highest BCUT2D eigenvalue weighted by Gasteiger charge is 2.23. The molecule has 9 heteroatoms. The number of halogens is 3. The Morgan fingerprint density at radius 3 is 2.55 bits per heavy atom. The van der Waals surface area contributed by atoms with Crippen molar-refractivity contribution < 1.29 is 22.7 Å². The minimum Gasteiger partial charge on any atom is -0.449 e. The normalized spacial score (nSPS) is 13.5. The maximum atomic E-state index is 13.4. The average molecular weight is 456 g/mol. The van der Waals surface area contributed by atoms with E-state index in [4.69, 9.17) is 4.74 Å². The summed E-state index contributed by atoms with van der Waals surface area (Å²) in [6, 6.07) is 11.0. The molecule has 2 aromatic heterocycles. The van der Waals surface area contributed by atoms with Crippen molar-refractivity contribution in [3.05, 3.63) is 66.2 Å². The quantitative estimate of drug-likeness (QED) is 0.423. The lowest BCUT2D eigenvalue weighted by Gasteiger charge is -2.16. The molecule has 0 radical (unpaired) electrons. The van der Waals surface area contributed by atoms with Gasteiger partial charge in [0.15, 0.2) is 0 Å². The van der Waals surface area contributed by atoms with Crippen LogP contribution >= 0.6 is 0 Å². The Labute approximate surface area is 189 Å². The third-order valence-corrected chi connectivity index (χ3v) is 5.30. The summed E-state index contributed by atoms with van der Waals surface area (Å²) in [5.41, 5.74) is 3.55. The van der Waals surface area contributed by atoms with Crippen molar-refractivity contribution in [3.8, 4) is 22.5 Å². The lowest BCUT2D eigenvalue weighted by molar-refractivity contribution is 0.0568. The number of carbonyl (C=O) groups excluding carboxylic acids is 1. The number of ether oxygens (including phenoxy) is 1. The largest absolute Gasteiger partial charge is 0.449 e. The maximum absolute atomic E-state index is 13.4. The van der Waals surface area contributed by atoms with E-state index < -0.39 is 6.55 Å². The second-order valence-electron chi connectivity index (χ2n) is 7.67. The van der Waals surface area contributed by atoms with Crippen molar-refractivity contribution in [1.82, 2.24) is 19.7 Å². The first kappa shape index (κ1) is 22.6. The van der Waals surface area contributed by atoms with Gasteiger partial charge in [-0.25, -0.2) is 18.9 Å². The molecule has 0 aliphatic carbocycles. The van der Waals surface area contributed by atoms with Crippen molar-refractivity contribution in [1.29, 1.82) is 0 Å². The maximum Gasteiger partial charge on any atom is 0.410 e. The molecule has 0 saturated heterocycles. The molecule has 6 nitrogen and oxygen atoms in total. The molecule has 172 valence electrons. The van der Waals surface area contributed by atoms with Crippen LogP contribution in [0.2, 0.25) is 0 Å². The molecule has 1 aromatic carbocycles. The van der Waals surface area contributed by atoms with E-state index in [0.29, 0.717) is 35.8 Å². The van der Waals surface area contributed by atoms with Crippen LogP contribution in [0.1, 0.15) is 32.0 Å². The predicted octanol–water partition coefficient (Wildman–Crippen LogP) is 5.78. The van der Waals surface area contributed by atoms with E-state index in [9.17, 15) is 18.0 Å². The van der Waals surface area contributed by atoms with Crippen molar-refractivity contribution in [3.63, 3.8) is 0 Å². The Morgan fingerprint density at radius 1 is 1.09 bits per heavy atom. The Morgan fingerprint density at radius 2 is 1.85 bits per heavy atom. The number of nitrogens with zero attached hydrogens (tertiary/aromatic N) is 4. The molecule has 0 atom stereocenters. The molecule has 3 heterocycles. The van der Waals surface area contributed by atoms with Crippen LogP contribution in [-0.2, 0) is 4.74 Å². The zero-order valence-corrected chi connectivity index (χ0v) is 18.0. The zero-order chi connectivity index (χ0) is 23.4. The smallest absolute Gasteiger partial charge is 0.410 e. The van der Waals surface area contributed by atoms with E-state index in [1.54, 1.807) is 23.1 Å². The molecule has 0 bridgehead atoms. The van der Waals surface area contributed by atoms with Gasteiger partial charge >= 0.3 is 12.6 Å². The van der Waals surface area contributed by atoms with Gasteiger partial charge in [0.05, 0.1) is 24.5 Å². The minimum atomic E-state index is -2.76. The molecule has 0 saturated carbocycles. The number of rotatable bonds is 7. The summed E-state index contributed by atoms with van der Waals surface area (Å²) in [5, 5.41) is 3.92. The topological polar surface area (TPSA) is 60.2 Å². The van der Waals surface area contributed by atoms with Crippen LogP contribution in [-0.4, -0.2) is 45.5 Å². The molecule has 4 rings (SSSR count). The highest BCUT2D eigenvalue weighted by Crippen LogP contribution is 2.30.